The Kier molecular flexibility index (Phi) is 5.73. The highest BCUT2D eigenvalue weighted by Gasteiger charge is 2.11. The van der Waals surface area contributed by atoms with Crippen molar-refractivity contribution in [3.05, 3.63) is 11.9 Å². The molecule has 0 fully saturated rings. The fourth-order valence-electron chi connectivity index (χ4n) is 1.68. The number of nitrogens with one attached hydrogen (secondary N) is 2. The molecule has 1 atom stereocenters. The van der Waals surface area contributed by atoms with Crippen LogP contribution in [0.1, 0.15) is 46.1 Å². The maximum atomic E-state index is 4.37. The summed E-state index contributed by atoms with van der Waals surface area (Å²) in [5, 5.41) is 6.75. The average molecular weight is 236 g/mol. The molecule has 4 nitrogen and oxygen atoms in total. The Labute approximate surface area is 104 Å². The van der Waals surface area contributed by atoms with Crippen LogP contribution in [-0.2, 0) is 6.42 Å². The minimum Gasteiger partial charge on any atom is -0.370 e. The van der Waals surface area contributed by atoms with E-state index in [0.29, 0.717) is 6.04 Å². The molecule has 1 heterocycles. The smallest absolute Gasteiger partial charge is 0.134 e. The van der Waals surface area contributed by atoms with Gasteiger partial charge in [-0.15, -0.1) is 0 Å². The van der Waals surface area contributed by atoms with Gasteiger partial charge in [-0.1, -0.05) is 20.3 Å². The fourth-order valence-corrected chi connectivity index (χ4v) is 1.68. The predicted octanol–water partition coefficient (Wildman–Crippen LogP) is 3.07. The number of hydrogen-bond donors (Lipinski definition) is 2. The summed E-state index contributed by atoms with van der Waals surface area (Å²) in [6, 6.07) is 0.440. The third-order valence-electron chi connectivity index (χ3n) is 2.79. The Morgan fingerprint density at radius 1 is 1.18 bits per heavy atom. The molecule has 4 heteroatoms. The molecule has 96 valence electrons. The molecule has 0 spiro atoms. The molecule has 0 aliphatic heterocycles. The predicted molar refractivity (Wildman–Crippen MR) is 73.6 cm³/mol. The van der Waals surface area contributed by atoms with Gasteiger partial charge < -0.3 is 10.6 Å². The lowest BCUT2D eigenvalue weighted by atomic mass is 10.1. The summed E-state index contributed by atoms with van der Waals surface area (Å²) in [4.78, 5) is 8.68. The maximum absolute atomic E-state index is 4.37. The number of aromatic nitrogens is 2. The molecule has 0 aliphatic carbocycles. The minimum atomic E-state index is 0.440. The van der Waals surface area contributed by atoms with Gasteiger partial charge in [-0.05, 0) is 26.7 Å². The summed E-state index contributed by atoms with van der Waals surface area (Å²) in [5.41, 5.74) is 1.21. The summed E-state index contributed by atoms with van der Waals surface area (Å²) < 4.78 is 0. The van der Waals surface area contributed by atoms with Crippen molar-refractivity contribution in [2.45, 2.75) is 53.0 Å². The van der Waals surface area contributed by atoms with Crippen molar-refractivity contribution >= 4 is 11.6 Å². The van der Waals surface area contributed by atoms with Gasteiger partial charge in [0.25, 0.3) is 0 Å². The molecule has 0 bridgehead atoms. The molecule has 2 N–H and O–H groups in total. The molecule has 0 saturated heterocycles. The van der Waals surface area contributed by atoms with Crippen molar-refractivity contribution in [1.29, 1.82) is 0 Å². The van der Waals surface area contributed by atoms with Crippen molar-refractivity contribution in [3.8, 4) is 0 Å². The van der Waals surface area contributed by atoms with E-state index in [1.165, 1.54) is 5.56 Å². The van der Waals surface area contributed by atoms with Crippen molar-refractivity contribution in [2.75, 3.05) is 17.2 Å². The van der Waals surface area contributed by atoms with Crippen LogP contribution < -0.4 is 10.6 Å². The van der Waals surface area contributed by atoms with Crippen LogP contribution in [0.3, 0.4) is 0 Å². The molecule has 0 aromatic carbocycles. The standard InChI is InChI=1S/C13H24N4/c1-5-8-11-12(14-7-3)15-9-16-13(11)17-10(4)6-2/h9-10H,5-8H2,1-4H3,(H2,14,15,16,17). The summed E-state index contributed by atoms with van der Waals surface area (Å²) in [7, 11) is 0. The van der Waals surface area contributed by atoms with Gasteiger partial charge in [0.05, 0.1) is 0 Å². The third kappa shape index (κ3) is 3.88. The Bertz CT molecular complexity index is 338. The van der Waals surface area contributed by atoms with E-state index in [-0.39, 0.29) is 0 Å². The van der Waals surface area contributed by atoms with Crippen molar-refractivity contribution in [3.63, 3.8) is 0 Å². The van der Waals surface area contributed by atoms with Crippen LogP contribution in [0.4, 0.5) is 11.6 Å². The molecule has 0 aliphatic rings. The highest BCUT2D eigenvalue weighted by Crippen LogP contribution is 2.22. The zero-order chi connectivity index (χ0) is 12.7. The van der Waals surface area contributed by atoms with Crippen LogP contribution in [0, 0.1) is 0 Å². The van der Waals surface area contributed by atoms with Crippen LogP contribution in [-0.4, -0.2) is 22.6 Å². The van der Waals surface area contributed by atoms with E-state index >= 15 is 0 Å². The fraction of sp³-hybridized carbons (Fsp3) is 0.692. The van der Waals surface area contributed by atoms with E-state index < -0.39 is 0 Å². The SMILES string of the molecule is CCCc1c(NCC)ncnc1NC(C)CC. The quantitative estimate of drug-likeness (QED) is 0.764. The minimum absolute atomic E-state index is 0.440. The second-order valence-electron chi connectivity index (χ2n) is 4.28. The highest BCUT2D eigenvalue weighted by molar-refractivity contribution is 5.57. The van der Waals surface area contributed by atoms with Crippen molar-refractivity contribution < 1.29 is 0 Å². The molecule has 1 unspecified atom stereocenters. The second-order valence-corrected chi connectivity index (χ2v) is 4.28. The maximum Gasteiger partial charge on any atom is 0.134 e. The van der Waals surface area contributed by atoms with Crippen LogP contribution in [0.15, 0.2) is 6.33 Å². The van der Waals surface area contributed by atoms with E-state index in [0.717, 1.165) is 37.4 Å². The van der Waals surface area contributed by atoms with Crippen LogP contribution >= 0.6 is 0 Å². The summed E-state index contributed by atoms with van der Waals surface area (Å²) in [5.74, 6) is 1.95. The number of rotatable bonds is 7. The molecular formula is C13H24N4. The molecule has 17 heavy (non-hydrogen) atoms. The Hall–Kier alpha value is -1.32. The van der Waals surface area contributed by atoms with Gasteiger partial charge in [0.15, 0.2) is 0 Å². The van der Waals surface area contributed by atoms with Crippen LogP contribution in [0.5, 0.6) is 0 Å². The first kappa shape index (κ1) is 13.7. The van der Waals surface area contributed by atoms with Crippen molar-refractivity contribution in [2.24, 2.45) is 0 Å². The van der Waals surface area contributed by atoms with Gasteiger partial charge >= 0.3 is 0 Å². The van der Waals surface area contributed by atoms with Gasteiger partial charge in [0.1, 0.15) is 18.0 Å². The zero-order valence-electron chi connectivity index (χ0n) is 11.4. The first-order chi connectivity index (χ1) is 8.22. The average Bonchev–Trinajstić information content (AvgIpc) is 2.33. The van der Waals surface area contributed by atoms with E-state index in [2.05, 4.69) is 48.3 Å². The topological polar surface area (TPSA) is 49.8 Å². The van der Waals surface area contributed by atoms with Crippen LogP contribution in [0.25, 0.3) is 0 Å². The molecule has 0 saturated carbocycles. The Morgan fingerprint density at radius 2 is 1.88 bits per heavy atom. The molecule has 1 aromatic heterocycles. The molecule has 1 rings (SSSR count). The summed E-state index contributed by atoms with van der Waals surface area (Å²) in [6.07, 6.45) is 4.82. The van der Waals surface area contributed by atoms with Crippen molar-refractivity contribution in [1.82, 2.24) is 9.97 Å². The van der Waals surface area contributed by atoms with Gasteiger partial charge in [0.2, 0.25) is 0 Å². The summed E-state index contributed by atoms with van der Waals surface area (Å²) >= 11 is 0. The molecule has 0 radical (unpaired) electrons. The lowest BCUT2D eigenvalue weighted by Crippen LogP contribution is -2.17. The lowest BCUT2D eigenvalue weighted by Gasteiger charge is -2.17. The Morgan fingerprint density at radius 3 is 2.47 bits per heavy atom. The normalized spacial score (nSPS) is 12.2. The van der Waals surface area contributed by atoms with Crippen LogP contribution in [0.2, 0.25) is 0 Å². The van der Waals surface area contributed by atoms with Gasteiger partial charge in [-0.3, -0.25) is 0 Å². The number of anilines is 2. The highest BCUT2D eigenvalue weighted by atomic mass is 15.1. The van der Waals surface area contributed by atoms with Gasteiger partial charge in [-0.25, -0.2) is 9.97 Å². The lowest BCUT2D eigenvalue weighted by molar-refractivity contribution is 0.753. The van der Waals surface area contributed by atoms with E-state index in [9.17, 15) is 0 Å². The number of hydrogen-bond acceptors (Lipinski definition) is 4. The molecule has 0 amide bonds. The monoisotopic (exact) mass is 236 g/mol. The van der Waals surface area contributed by atoms with Gasteiger partial charge in [-0.2, -0.15) is 0 Å². The second kappa shape index (κ2) is 7.09. The van der Waals surface area contributed by atoms with E-state index in [1.54, 1.807) is 6.33 Å². The third-order valence-corrected chi connectivity index (χ3v) is 2.79. The first-order valence-corrected chi connectivity index (χ1v) is 6.57. The molecular weight excluding hydrogens is 212 g/mol. The molecule has 1 aromatic rings. The first-order valence-electron chi connectivity index (χ1n) is 6.57. The summed E-state index contributed by atoms with van der Waals surface area (Å²) in [6.45, 7) is 9.49. The van der Waals surface area contributed by atoms with E-state index in [4.69, 9.17) is 0 Å². The Balaban J connectivity index is 2.96. The largest absolute Gasteiger partial charge is 0.370 e. The zero-order valence-corrected chi connectivity index (χ0v) is 11.4. The number of nitrogens with zero attached hydrogens (tertiary/aromatic N) is 2. The van der Waals surface area contributed by atoms with E-state index in [1.807, 2.05) is 0 Å². The van der Waals surface area contributed by atoms with Gasteiger partial charge in [0, 0.05) is 18.2 Å².